The molecule has 0 fully saturated rings. The van der Waals surface area contributed by atoms with E-state index >= 15 is 0 Å². The maximum absolute atomic E-state index is 12.2. The second kappa shape index (κ2) is 8.92. The Bertz CT molecular complexity index is 551. The van der Waals surface area contributed by atoms with Crippen LogP contribution in [0.4, 0.5) is 0 Å². The Labute approximate surface area is 136 Å². The van der Waals surface area contributed by atoms with Crippen molar-refractivity contribution in [2.45, 2.75) is 39.2 Å². The maximum Gasteiger partial charge on any atom is 0.305 e. The van der Waals surface area contributed by atoms with Crippen molar-refractivity contribution in [3.05, 3.63) is 29.8 Å². The summed E-state index contributed by atoms with van der Waals surface area (Å²) in [7, 11) is 1.55. The molecule has 1 rings (SSSR count). The Morgan fingerprint density at radius 2 is 1.70 bits per heavy atom. The van der Waals surface area contributed by atoms with E-state index in [1.165, 1.54) is 4.90 Å². The molecule has 23 heavy (non-hydrogen) atoms. The van der Waals surface area contributed by atoms with Crippen LogP contribution in [0.1, 0.15) is 43.5 Å². The third-order valence-electron chi connectivity index (χ3n) is 3.49. The number of carbonyl (C=O) groups is 3. The first-order valence-corrected chi connectivity index (χ1v) is 7.53. The molecule has 0 aromatic heterocycles. The monoisotopic (exact) mass is 321 g/mol. The van der Waals surface area contributed by atoms with Crippen molar-refractivity contribution in [1.29, 1.82) is 0 Å². The van der Waals surface area contributed by atoms with Gasteiger partial charge in [-0.15, -0.1) is 0 Å². The summed E-state index contributed by atoms with van der Waals surface area (Å²) in [5.41, 5.74) is 0.528. The number of carboxylic acids is 1. The van der Waals surface area contributed by atoms with Gasteiger partial charge in [0.15, 0.2) is 5.78 Å². The fourth-order valence-corrected chi connectivity index (χ4v) is 2.17. The number of nitrogens with zero attached hydrogens (tertiary/aromatic N) is 1. The van der Waals surface area contributed by atoms with Gasteiger partial charge in [0.25, 0.3) is 0 Å². The zero-order valence-electron chi connectivity index (χ0n) is 13.7. The van der Waals surface area contributed by atoms with Crippen molar-refractivity contribution < 1.29 is 24.2 Å². The third-order valence-corrected chi connectivity index (χ3v) is 3.49. The number of hydrogen-bond donors (Lipinski definition) is 1. The van der Waals surface area contributed by atoms with Crippen LogP contribution in [0.2, 0.25) is 0 Å². The number of carboxylic acid groups (broad SMARTS) is 1. The summed E-state index contributed by atoms with van der Waals surface area (Å²) in [4.78, 5) is 36.4. The number of benzene rings is 1. The van der Waals surface area contributed by atoms with E-state index in [0.717, 1.165) is 0 Å². The molecule has 1 aromatic rings. The van der Waals surface area contributed by atoms with Crippen LogP contribution in [-0.4, -0.2) is 47.4 Å². The van der Waals surface area contributed by atoms with E-state index in [2.05, 4.69) is 0 Å². The van der Waals surface area contributed by atoms with Crippen LogP contribution in [0.3, 0.4) is 0 Å². The zero-order chi connectivity index (χ0) is 17.4. The lowest BCUT2D eigenvalue weighted by Crippen LogP contribution is -2.38. The van der Waals surface area contributed by atoms with E-state index in [1.54, 1.807) is 31.4 Å². The highest BCUT2D eigenvalue weighted by molar-refractivity contribution is 5.98. The van der Waals surface area contributed by atoms with E-state index in [4.69, 9.17) is 9.84 Å². The van der Waals surface area contributed by atoms with Gasteiger partial charge in [0.05, 0.1) is 13.5 Å². The number of aliphatic carboxylic acids is 1. The highest BCUT2D eigenvalue weighted by Gasteiger charge is 2.19. The number of Topliss-reactive ketones (excluding diaryl/α,β-unsaturated/α-hetero) is 1. The molecule has 0 aliphatic carbocycles. The van der Waals surface area contributed by atoms with Gasteiger partial charge < -0.3 is 14.7 Å². The van der Waals surface area contributed by atoms with Crippen LogP contribution >= 0.6 is 0 Å². The molecule has 0 radical (unpaired) electrons. The minimum Gasteiger partial charge on any atom is -0.497 e. The Hall–Kier alpha value is -2.37. The van der Waals surface area contributed by atoms with Gasteiger partial charge in [-0.3, -0.25) is 14.4 Å². The topological polar surface area (TPSA) is 83.9 Å². The highest BCUT2D eigenvalue weighted by Crippen LogP contribution is 2.14. The average molecular weight is 321 g/mol. The molecule has 0 heterocycles. The number of ether oxygens (including phenoxy) is 1. The first kappa shape index (κ1) is 18.7. The smallest absolute Gasteiger partial charge is 0.305 e. The minimum absolute atomic E-state index is 0.0721. The second-order valence-corrected chi connectivity index (χ2v) is 5.48. The van der Waals surface area contributed by atoms with Gasteiger partial charge in [0.1, 0.15) is 5.75 Å². The molecular formula is C17H23NO5. The normalized spacial score (nSPS) is 10.4. The quantitative estimate of drug-likeness (QED) is 0.706. The molecule has 0 saturated carbocycles. The molecular weight excluding hydrogens is 298 g/mol. The van der Waals surface area contributed by atoms with Crippen LogP contribution in [0.25, 0.3) is 0 Å². The lowest BCUT2D eigenvalue weighted by atomic mass is 10.1. The van der Waals surface area contributed by atoms with Crippen molar-refractivity contribution in [2.24, 2.45) is 0 Å². The van der Waals surface area contributed by atoms with E-state index in [-0.39, 0.29) is 43.5 Å². The van der Waals surface area contributed by atoms with Crippen LogP contribution in [-0.2, 0) is 9.59 Å². The minimum atomic E-state index is -0.947. The first-order chi connectivity index (χ1) is 10.8. The summed E-state index contributed by atoms with van der Waals surface area (Å²) in [5.74, 6) is -0.610. The molecule has 1 amide bonds. The molecule has 0 unspecified atom stereocenters. The van der Waals surface area contributed by atoms with Crippen LogP contribution in [0.5, 0.6) is 5.75 Å². The predicted molar refractivity (Wildman–Crippen MR) is 85.7 cm³/mol. The molecule has 126 valence electrons. The van der Waals surface area contributed by atoms with Crippen LogP contribution < -0.4 is 4.74 Å². The SMILES string of the molecule is COc1ccc(C(=O)CCC(=O)N(CCC(=O)O)C(C)C)cc1. The standard InChI is InChI=1S/C17H23NO5/c1-12(2)18(11-10-17(21)22)16(20)9-8-15(19)13-4-6-14(23-3)7-5-13/h4-7,12H,8-11H2,1-3H3,(H,21,22). The second-order valence-electron chi connectivity index (χ2n) is 5.48. The number of amides is 1. The Balaban J connectivity index is 2.57. The molecule has 6 nitrogen and oxygen atoms in total. The van der Waals surface area contributed by atoms with Gasteiger partial charge in [0, 0.05) is 31.0 Å². The lowest BCUT2D eigenvalue weighted by molar-refractivity contribution is -0.139. The van der Waals surface area contributed by atoms with Gasteiger partial charge in [-0.05, 0) is 38.1 Å². The fraction of sp³-hybridized carbons (Fsp3) is 0.471. The van der Waals surface area contributed by atoms with E-state index in [0.29, 0.717) is 11.3 Å². The molecule has 0 bridgehead atoms. The van der Waals surface area contributed by atoms with Gasteiger partial charge in [-0.25, -0.2) is 0 Å². The fourth-order valence-electron chi connectivity index (χ4n) is 2.17. The Kier molecular flexibility index (Phi) is 7.25. The van der Waals surface area contributed by atoms with Gasteiger partial charge >= 0.3 is 5.97 Å². The highest BCUT2D eigenvalue weighted by atomic mass is 16.5. The predicted octanol–water partition coefficient (Wildman–Crippen LogP) is 2.37. The largest absolute Gasteiger partial charge is 0.497 e. The molecule has 0 spiro atoms. The summed E-state index contributed by atoms with van der Waals surface area (Å²) in [6.07, 6.45) is 0.0699. The first-order valence-electron chi connectivity index (χ1n) is 7.53. The molecule has 1 N–H and O–H groups in total. The van der Waals surface area contributed by atoms with E-state index in [1.807, 2.05) is 13.8 Å². The number of methoxy groups -OCH3 is 1. The van der Waals surface area contributed by atoms with Crippen LogP contribution in [0.15, 0.2) is 24.3 Å². The van der Waals surface area contributed by atoms with Gasteiger partial charge in [-0.2, -0.15) is 0 Å². The van der Waals surface area contributed by atoms with Crippen molar-refractivity contribution in [1.82, 2.24) is 4.90 Å². The third kappa shape index (κ3) is 6.10. The van der Waals surface area contributed by atoms with Gasteiger partial charge in [-0.1, -0.05) is 0 Å². The molecule has 0 aliphatic rings. The summed E-state index contributed by atoms with van der Waals surface area (Å²) in [6, 6.07) is 6.62. The molecule has 1 aromatic carbocycles. The van der Waals surface area contributed by atoms with Crippen LogP contribution in [0, 0.1) is 0 Å². The number of ketones is 1. The summed E-state index contributed by atoms with van der Waals surface area (Å²) >= 11 is 0. The number of carbonyl (C=O) groups excluding carboxylic acids is 2. The van der Waals surface area contributed by atoms with Crippen molar-refractivity contribution in [3.63, 3.8) is 0 Å². The maximum atomic E-state index is 12.2. The molecule has 0 atom stereocenters. The molecule has 0 saturated heterocycles. The zero-order valence-corrected chi connectivity index (χ0v) is 13.7. The molecule has 6 heteroatoms. The summed E-state index contributed by atoms with van der Waals surface area (Å²) in [5, 5.41) is 8.73. The number of rotatable bonds is 9. The Morgan fingerprint density at radius 1 is 1.09 bits per heavy atom. The van der Waals surface area contributed by atoms with Crippen molar-refractivity contribution in [2.75, 3.05) is 13.7 Å². The summed E-state index contributed by atoms with van der Waals surface area (Å²) < 4.78 is 5.03. The summed E-state index contributed by atoms with van der Waals surface area (Å²) in [6.45, 7) is 3.80. The van der Waals surface area contributed by atoms with E-state index < -0.39 is 5.97 Å². The Morgan fingerprint density at radius 3 is 2.17 bits per heavy atom. The number of hydrogen-bond acceptors (Lipinski definition) is 4. The lowest BCUT2D eigenvalue weighted by Gasteiger charge is -2.26. The average Bonchev–Trinajstić information content (AvgIpc) is 2.52. The van der Waals surface area contributed by atoms with Crippen molar-refractivity contribution in [3.8, 4) is 5.75 Å². The molecule has 0 aliphatic heterocycles. The van der Waals surface area contributed by atoms with Gasteiger partial charge in [0.2, 0.25) is 5.91 Å². The van der Waals surface area contributed by atoms with Crippen molar-refractivity contribution >= 4 is 17.7 Å². The van der Waals surface area contributed by atoms with E-state index in [9.17, 15) is 14.4 Å².